The van der Waals surface area contributed by atoms with Gasteiger partial charge in [-0.25, -0.2) is 10.4 Å². The molecule has 0 fully saturated rings. The van der Waals surface area contributed by atoms with E-state index in [0.29, 0.717) is 0 Å². The maximum atomic E-state index is 11.9. The third-order valence-electron chi connectivity index (χ3n) is 3.66. The van der Waals surface area contributed by atoms with Crippen molar-refractivity contribution in [3.8, 4) is 0 Å². The van der Waals surface area contributed by atoms with Crippen molar-refractivity contribution in [1.82, 2.24) is 15.0 Å². The Labute approximate surface area is 144 Å². The lowest BCUT2D eigenvalue weighted by atomic mass is 10.1. The van der Waals surface area contributed by atoms with E-state index in [-0.39, 0.29) is 11.7 Å². The predicted molar refractivity (Wildman–Crippen MR) is 98.4 cm³/mol. The van der Waals surface area contributed by atoms with E-state index in [9.17, 15) is 4.79 Å². The lowest BCUT2D eigenvalue weighted by Crippen LogP contribution is -2.20. The summed E-state index contributed by atoms with van der Waals surface area (Å²) in [5.74, 6) is 0.110. The molecule has 1 N–H and O–H groups in total. The van der Waals surface area contributed by atoms with E-state index >= 15 is 0 Å². The van der Waals surface area contributed by atoms with Crippen molar-refractivity contribution >= 4 is 34.9 Å². The number of aryl methyl sites for hydroxylation is 2. The smallest absolute Gasteiger partial charge is 0.250 e. The fourth-order valence-electron chi connectivity index (χ4n) is 2.32. The molecular formula is C18H18N4OS. The highest BCUT2D eigenvalue weighted by Crippen LogP contribution is 2.22. The molecule has 1 heterocycles. The topological polar surface area (TPSA) is 59.3 Å². The molecule has 0 saturated carbocycles. The second-order valence-electron chi connectivity index (χ2n) is 5.38. The lowest BCUT2D eigenvalue weighted by Gasteiger charge is -2.02. The second-order valence-corrected chi connectivity index (χ2v) is 6.32. The number of amides is 1. The lowest BCUT2D eigenvalue weighted by molar-refractivity contribution is -0.118. The number of fused-ring (bicyclic) bond motifs is 1. The normalized spacial score (nSPS) is 11.2. The molecule has 3 aromatic rings. The SMILES string of the molecule is Cc1ccccc1C=NNC(=O)CSc1nc2ccccc2n1C. The van der Waals surface area contributed by atoms with E-state index in [0.717, 1.165) is 27.3 Å². The largest absolute Gasteiger partial charge is 0.322 e. The minimum atomic E-state index is -0.156. The Morgan fingerprint density at radius 3 is 2.79 bits per heavy atom. The molecule has 0 saturated heterocycles. The number of benzene rings is 2. The molecule has 3 rings (SSSR count). The molecule has 0 unspecified atom stereocenters. The molecular weight excluding hydrogens is 320 g/mol. The van der Waals surface area contributed by atoms with Gasteiger partial charge in [-0.2, -0.15) is 5.10 Å². The Hall–Kier alpha value is -2.60. The summed E-state index contributed by atoms with van der Waals surface area (Å²) in [5.41, 5.74) is 6.64. The van der Waals surface area contributed by atoms with Crippen LogP contribution in [0, 0.1) is 6.92 Å². The van der Waals surface area contributed by atoms with E-state index in [1.165, 1.54) is 11.8 Å². The van der Waals surface area contributed by atoms with Crippen LogP contribution in [-0.4, -0.2) is 27.4 Å². The quantitative estimate of drug-likeness (QED) is 0.442. The van der Waals surface area contributed by atoms with Crippen molar-refractivity contribution in [2.75, 3.05) is 5.75 Å². The second kappa shape index (κ2) is 7.31. The summed E-state index contributed by atoms with van der Waals surface area (Å²) in [6, 6.07) is 15.8. The summed E-state index contributed by atoms with van der Waals surface area (Å²) in [7, 11) is 1.95. The molecule has 1 aromatic heterocycles. The minimum Gasteiger partial charge on any atom is -0.322 e. The first-order valence-electron chi connectivity index (χ1n) is 7.57. The Morgan fingerprint density at radius 1 is 1.25 bits per heavy atom. The number of thioether (sulfide) groups is 1. The van der Waals surface area contributed by atoms with Crippen LogP contribution in [0.3, 0.4) is 0 Å². The van der Waals surface area contributed by atoms with Gasteiger partial charge < -0.3 is 4.57 Å². The number of carbonyl (C=O) groups excluding carboxylic acids is 1. The highest BCUT2D eigenvalue weighted by atomic mass is 32.2. The van der Waals surface area contributed by atoms with Gasteiger partial charge in [-0.15, -0.1) is 0 Å². The number of hydrogen-bond donors (Lipinski definition) is 1. The molecule has 0 radical (unpaired) electrons. The van der Waals surface area contributed by atoms with E-state index < -0.39 is 0 Å². The molecule has 6 heteroatoms. The van der Waals surface area contributed by atoms with E-state index in [4.69, 9.17) is 0 Å². The highest BCUT2D eigenvalue weighted by molar-refractivity contribution is 7.99. The van der Waals surface area contributed by atoms with Crippen LogP contribution in [0.2, 0.25) is 0 Å². The third kappa shape index (κ3) is 3.65. The summed E-state index contributed by atoms with van der Waals surface area (Å²) in [4.78, 5) is 16.5. The molecule has 0 aliphatic heterocycles. The van der Waals surface area contributed by atoms with Gasteiger partial charge in [0.05, 0.1) is 23.0 Å². The van der Waals surface area contributed by atoms with Crippen molar-refractivity contribution in [3.63, 3.8) is 0 Å². The van der Waals surface area contributed by atoms with E-state index in [2.05, 4.69) is 15.5 Å². The fraction of sp³-hybridized carbons (Fsp3) is 0.167. The van der Waals surface area contributed by atoms with Gasteiger partial charge in [0.2, 0.25) is 0 Å². The number of rotatable bonds is 5. The van der Waals surface area contributed by atoms with Crippen molar-refractivity contribution in [2.45, 2.75) is 12.1 Å². The Morgan fingerprint density at radius 2 is 2.00 bits per heavy atom. The van der Waals surface area contributed by atoms with Crippen LogP contribution < -0.4 is 5.43 Å². The van der Waals surface area contributed by atoms with Crippen LogP contribution in [0.4, 0.5) is 0 Å². The number of nitrogens with zero attached hydrogens (tertiary/aromatic N) is 3. The molecule has 122 valence electrons. The number of nitrogens with one attached hydrogen (secondary N) is 1. The maximum absolute atomic E-state index is 11.9. The van der Waals surface area contributed by atoms with Gasteiger partial charge in [-0.1, -0.05) is 48.2 Å². The number of imidazole rings is 1. The van der Waals surface area contributed by atoms with Crippen molar-refractivity contribution in [1.29, 1.82) is 0 Å². The van der Waals surface area contributed by atoms with Gasteiger partial charge in [0.25, 0.3) is 5.91 Å². The highest BCUT2D eigenvalue weighted by Gasteiger charge is 2.09. The molecule has 2 aromatic carbocycles. The van der Waals surface area contributed by atoms with Crippen LogP contribution in [0.5, 0.6) is 0 Å². The Kier molecular flexibility index (Phi) is 4.96. The Balaban J connectivity index is 1.57. The molecule has 5 nitrogen and oxygen atoms in total. The van der Waals surface area contributed by atoms with Crippen molar-refractivity contribution in [2.24, 2.45) is 12.1 Å². The molecule has 0 atom stereocenters. The molecule has 0 aliphatic rings. The minimum absolute atomic E-state index is 0.156. The number of hydrogen-bond acceptors (Lipinski definition) is 4. The summed E-state index contributed by atoms with van der Waals surface area (Å²) in [5, 5.41) is 4.83. The van der Waals surface area contributed by atoms with Gasteiger partial charge in [-0.05, 0) is 30.2 Å². The first kappa shape index (κ1) is 16.3. The van der Waals surface area contributed by atoms with Crippen LogP contribution in [0.25, 0.3) is 11.0 Å². The van der Waals surface area contributed by atoms with Gasteiger partial charge in [-0.3, -0.25) is 4.79 Å². The number of hydrazone groups is 1. The zero-order valence-corrected chi connectivity index (χ0v) is 14.4. The average molecular weight is 338 g/mol. The molecule has 0 spiro atoms. The molecule has 1 amide bonds. The molecule has 24 heavy (non-hydrogen) atoms. The summed E-state index contributed by atoms with van der Waals surface area (Å²) < 4.78 is 1.99. The van der Waals surface area contributed by atoms with Crippen molar-refractivity contribution < 1.29 is 4.79 Å². The van der Waals surface area contributed by atoms with Crippen LogP contribution in [0.1, 0.15) is 11.1 Å². The van der Waals surface area contributed by atoms with E-state index in [1.807, 2.05) is 67.1 Å². The summed E-state index contributed by atoms with van der Waals surface area (Å²) in [6.45, 7) is 2.00. The predicted octanol–water partition coefficient (Wildman–Crippen LogP) is 3.12. The van der Waals surface area contributed by atoms with Gasteiger partial charge in [0.1, 0.15) is 0 Å². The summed E-state index contributed by atoms with van der Waals surface area (Å²) >= 11 is 1.40. The van der Waals surface area contributed by atoms with Gasteiger partial charge >= 0.3 is 0 Å². The van der Waals surface area contributed by atoms with Crippen LogP contribution >= 0.6 is 11.8 Å². The third-order valence-corrected chi connectivity index (χ3v) is 4.69. The van der Waals surface area contributed by atoms with Gasteiger partial charge in [0, 0.05) is 7.05 Å². The maximum Gasteiger partial charge on any atom is 0.250 e. The zero-order chi connectivity index (χ0) is 16.9. The average Bonchev–Trinajstić information content (AvgIpc) is 2.91. The fourth-order valence-corrected chi connectivity index (χ4v) is 3.10. The van der Waals surface area contributed by atoms with E-state index in [1.54, 1.807) is 6.21 Å². The summed E-state index contributed by atoms with van der Waals surface area (Å²) in [6.07, 6.45) is 1.66. The Bertz CT molecular complexity index is 901. The molecule has 0 bridgehead atoms. The molecule has 0 aliphatic carbocycles. The van der Waals surface area contributed by atoms with Crippen molar-refractivity contribution in [3.05, 3.63) is 59.7 Å². The standard InChI is InChI=1S/C18H18N4OS/c1-13-7-3-4-8-14(13)11-19-21-17(23)12-24-18-20-15-9-5-6-10-16(15)22(18)2/h3-11H,12H2,1-2H3,(H,21,23). The first-order valence-corrected chi connectivity index (χ1v) is 8.55. The van der Waals surface area contributed by atoms with Crippen LogP contribution in [0.15, 0.2) is 58.8 Å². The number of carbonyl (C=O) groups is 1. The monoisotopic (exact) mass is 338 g/mol. The first-order chi connectivity index (χ1) is 11.6. The number of aromatic nitrogens is 2. The zero-order valence-electron chi connectivity index (χ0n) is 13.6. The van der Waals surface area contributed by atoms with Crippen LogP contribution in [-0.2, 0) is 11.8 Å². The van der Waals surface area contributed by atoms with Gasteiger partial charge in [0.15, 0.2) is 5.16 Å². The number of para-hydroxylation sites is 2.